The highest BCUT2D eigenvalue weighted by Crippen LogP contribution is 2.31. The van der Waals surface area contributed by atoms with E-state index in [0.717, 1.165) is 33.6 Å². The molecule has 1 aliphatic rings. The Labute approximate surface area is 202 Å². The highest BCUT2D eigenvalue weighted by atomic mass is 32.2. The van der Waals surface area contributed by atoms with E-state index in [-0.39, 0.29) is 10.5 Å². The van der Waals surface area contributed by atoms with Gasteiger partial charge >= 0.3 is 0 Å². The van der Waals surface area contributed by atoms with Crippen LogP contribution in [0.4, 0.5) is 5.69 Å². The zero-order valence-electron chi connectivity index (χ0n) is 18.5. The van der Waals surface area contributed by atoms with E-state index in [9.17, 15) is 13.2 Å². The first kappa shape index (κ1) is 22.5. The minimum atomic E-state index is -3.65. The topological polar surface area (TPSA) is 88.6 Å². The average molecular weight is 494 g/mol. The Hall–Kier alpha value is -3.27. The quantitative estimate of drug-likeness (QED) is 0.408. The van der Waals surface area contributed by atoms with Crippen molar-refractivity contribution in [2.75, 3.05) is 25.5 Å². The van der Waals surface area contributed by atoms with Crippen LogP contribution < -0.4 is 10.1 Å². The molecular formula is C25H23N3O4S2. The molecule has 7 nitrogen and oxygen atoms in total. The van der Waals surface area contributed by atoms with Crippen LogP contribution in [0.1, 0.15) is 23.2 Å². The molecule has 3 aromatic carbocycles. The normalized spacial score (nSPS) is 14.4. The second-order valence-electron chi connectivity index (χ2n) is 7.99. The fourth-order valence-electron chi connectivity index (χ4n) is 3.99. The van der Waals surface area contributed by atoms with Crippen LogP contribution in [-0.4, -0.2) is 43.8 Å². The number of carbonyl (C=O) groups is 1. The lowest BCUT2D eigenvalue weighted by Gasteiger charge is -2.17. The van der Waals surface area contributed by atoms with Gasteiger partial charge in [0.2, 0.25) is 10.0 Å². The predicted molar refractivity (Wildman–Crippen MR) is 134 cm³/mol. The van der Waals surface area contributed by atoms with Gasteiger partial charge in [0.25, 0.3) is 5.91 Å². The van der Waals surface area contributed by atoms with E-state index in [4.69, 9.17) is 4.74 Å². The SMILES string of the molecule is COc1ccc(S(=O)(=O)N2CCCC2)cc1C(=O)Nc1ccc(-c2nc3ccccc3s2)cc1. The van der Waals surface area contributed by atoms with E-state index in [1.54, 1.807) is 23.5 Å². The number of rotatable bonds is 6. The second kappa shape index (κ2) is 9.17. The molecule has 9 heteroatoms. The minimum Gasteiger partial charge on any atom is -0.496 e. The molecule has 0 bridgehead atoms. The number of ether oxygens (including phenoxy) is 1. The van der Waals surface area contributed by atoms with Gasteiger partial charge in [0.1, 0.15) is 10.8 Å². The Kier molecular flexibility index (Phi) is 6.07. The first-order chi connectivity index (χ1) is 16.5. The molecule has 0 radical (unpaired) electrons. The highest BCUT2D eigenvalue weighted by Gasteiger charge is 2.28. The number of fused-ring (bicyclic) bond motifs is 1. The molecule has 1 fully saturated rings. The summed E-state index contributed by atoms with van der Waals surface area (Å²) in [5, 5.41) is 3.75. The number of carbonyl (C=O) groups excluding carboxylic acids is 1. The third-order valence-corrected chi connectivity index (χ3v) is 8.78. The Balaban J connectivity index is 1.38. The van der Waals surface area contributed by atoms with Crippen LogP contribution in [-0.2, 0) is 10.0 Å². The third kappa shape index (κ3) is 4.29. The van der Waals surface area contributed by atoms with Crippen LogP contribution in [0.15, 0.2) is 71.6 Å². The van der Waals surface area contributed by atoms with Gasteiger partial charge in [0, 0.05) is 24.3 Å². The maximum atomic E-state index is 13.1. The van der Waals surface area contributed by atoms with Crippen molar-refractivity contribution in [2.45, 2.75) is 17.7 Å². The third-order valence-electron chi connectivity index (χ3n) is 5.80. The number of nitrogens with one attached hydrogen (secondary N) is 1. The number of benzene rings is 3. The number of para-hydroxylation sites is 1. The van der Waals surface area contributed by atoms with Crippen LogP contribution in [0, 0.1) is 0 Å². The number of sulfonamides is 1. The summed E-state index contributed by atoms with van der Waals surface area (Å²) in [6.07, 6.45) is 1.69. The summed E-state index contributed by atoms with van der Waals surface area (Å²) in [5.41, 5.74) is 2.66. The Morgan fingerprint density at radius 3 is 2.47 bits per heavy atom. The van der Waals surface area contributed by atoms with Crippen molar-refractivity contribution in [1.29, 1.82) is 0 Å². The number of aromatic nitrogens is 1. The van der Waals surface area contributed by atoms with E-state index >= 15 is 0 Å². The predicted octanol–water partition coefficient (Wildman–Crippen LogP) is 5.01. The molecule has 2 heterocycles. The molecule has 0 spiro atoms. The van der Waals surface area contributed by atoms with Gasteiger partial charge in [-0.25, -0.2) is 13.4 Å². The standard InChI is InChI=1S/C25H23N3O4S2/c1-32-22-13-12-19(34(30,31)28-14-4-5-15-28)16-20(22)24(29)26-18-10-8-17(9-11-18)25-27-21-6-2-3-7-23(21)33-25/h2-3,6-13,16H,4-5,14-15H2,1H3,(H,26,29). The molecule has 1 aromatic heterocycles. The zero-order valence-corrected chi connectivity index (χ0v) is 20.2. The molecule has 1 saturated heterocycles. The number of nitrogens with zero attached hydrogens (tertiary/aromatic N) is 2. The van der Waals surface area contributed by atoms with Crippen molar-refractivity contribution in [3.63, 3.8) is 0 Å². The lowest BCUT2D eigenvalue weighted by molar-refractivity contribution is 0.102. The molecule has 0 atom stereocenters. The number of hydrogen-bond acceptors (Lipinski definition) is 6. The van der Waals surface area contributed by atoms with Gasteiger partial charge in [0.15, 0.2) is 0 Å². The largest absolute Gasteiger partial charge is 0.496 e. The molecule has 1 amide bonds. The second-order valence-corrected chi connectivity index (χ2v) is 11.0. The number of hydrogen-bond donors (Lipinski definition) is 1. The van der Waals surface area contributed by atoms with Crippen molar-refractivity contribution < 1.29 is 17.9 Å². The van der Waals surface area contributed by atoms with E-state index in [2.05, 4.69) is 10.3 Å². The lowest BCUT2D eigenvalue weighted by atomic mass is 10.1. The molecule has 174 valence electrons. The summed E-state index contributed by atoms with van der Waals surface area (Å²) in [6, 6.07) is 19.8. The molecule has 0 unspecified atom stereocenters. The first-order valence-corrected chi connectivity index (χ1v) is 13.2. The maximum Gasteiger partial charge on any atom is 0.259 e. The van der Waals surface area contributed by atoms with Crippen molar-refractivity contribution in [3.8, 4) is 16.3 Å². The number of thiazole rings is 1. The van der Waals surface area contributed by atoms with Crippen LogP contribution in [0.25, 0.3) is 20.8 Å². The average Bonchev–Trinajstić information content (AvgIpc) is 3.55. The van der Waals surface area contributed by atoms with E-state index < -0.39 is 15.9 Å². The molecule has 1 N–H and O–H groups in total. The molecule has 5 rings (SSSR count). The summed E-state index contributed by atoms with van der Waals surface area (Å²) >= 11 is 1.61. The molecule has 1 aliphatic heterocycles. The Morgan fingerprint density at radius 1 is 1.03 bits per heavy atom. The Morgan fingerprint density at radius 2 is 1.76 bits per heavy atom. The number of anilines is 1. The van der Waals surface area contributed by atoms with Gasteiger partial charge in [-0.15, -0.1) is 11.3 Å². The fourth-order valence-corrected chi connectivity index (χ4v) is 6.51. The Bertz CT molecular complexity index is 1420. The van der Waals surface area contributed by atoms with Crippen LogP contribution >= 0.6 is 11.3 Å². The molecular weight excluding hydrogens is 470 g/mol. The van der Waals surface area contributed by atoms with E-state index in [1.165, 1.54) is 29.6 Å². The van der Waals surface area contributed by atoms with Gasteiger partial charge in [-0.1, -0.05) is 12.1 Å². The van der Waals surface area contributed by atoms with Gasteiger partial charge < -0.3 is 10.1 Å². The van der Waals surface area contributed by atoms with Crippen molar-refractivity contribution in [1.82, 2.24) is 9.29 Å². The molecule has 0 saturated carbocycles. The van der Waals surface area contributed by atoms with Crippen LogP contribution in [0.3, 0.4) is 0 Å². The van der Waals surface area contributed by atoms with Gasteiger partial charge in [-0.05, 0) is 67.4 Å². The van der Waals surface area contributed by atoms with Crippen molar-refractivity contribution in [3.05, 3.63) is 72.3 Å². The van der Waals surface area contributed by atoms with Gasteiger partial charge in [-0.2, -0.15) is 4.31 Å². The number of amides is 1. The molecule has 34 heavy (non-hydrogen) atoms. The highest BCUT2D eigenvalue weighted by molar-refractivity contribution is 7.89. The van der Waals surface area contributed by atoms with Gasteiger partial charge in [-0.3, -0.25) is 4.79 Å². The maximum absolute atomic E-state index is 13.1. The van der Waals surface area contributed by atoms with E-state index in [0.29, 0.717) is 24.5 Å². The van der Waals surface area contributed by atoms with Gasteiger partial charge in [0.05, 0.1) is 27.8 Å². The first-order valence-electron chi connectivity index (χ1n) is 10.9. The van der Waals surface area contributed by atoms with E-state index in [1.807, 2.05) is 36.4 Å². The van der Waals surface area contributed by atoms with Crippen LogP contribution in [0.2, 0.25) is 0 Å². The zero-order chi connectivity index (χ0) is 23.7. The van der Waals surface area contributed by atoms with Crippen molar-refractivity contribution >= 4 is 43.2 Å². The smallest absolute Gasteiger partial charge is 0.259 e. The summed E-state index contributed by atoms with van der Waals surface area (Å²) in [4.78, 5) is 17.8. The summed E-state index contributed by atoms with van der Waals surface area (Å²) < 4.78 is 33.8. The minimum absolute atomic E-state index is 0.0894. The molecule has 0 aliphatic carbocycles. The molecule has 4 aromatic rings. The monoisotopic (exact) mass is 493 g/mol. The summed E-state index contributed by atoms with van der Waals surface area (Å²) in [7, 11) is -2.20. The van der Waals surface area contributed by atoms with Crippen LogP contribution in [0.5, 0.6) is 5.75 Å². The lowest BCUT2D eigenvalue weighted by Crippen LogP contribution is -2.28. The number of methoxy groups -OCH3 is 1. The summed E-state index contributed by atoms with van der Waals surface area (Å²) in [5.74, 6) is -0.132. The fraction of sp³-hybridized carbons (Fsp3) is 0.200. The van der Waals surface area contributed by atoms with Crippen molar-refractivity contribution in [2.24, 2.45) is 0 Å². The summed E-state index contributed by atoms with van der Waals surface area (Å²) in [6.45, 7) is 0.994.